The molecule has 2 amide bonds. The molecule has 32 heavy (non-hydrogen) atoms. The first-order valence-electron chi connectivity index (χ1n) is 10.5. The molecule has 2 N–H and O–H groups in total. The Hall–Kier alpha value is -3.06. The van der Waals surface area contributed by atoms with Gasteiger partial charge in [-0.3, -0.25) is 0 Å². The van der Waals surface area contributed by atoms with Crippen molar-refractivity contribution in [2.24, 2.45) is 0 Å². The van der Waals surface area contributed by atoms with E-state index in [1.165, 1.54) is 0 Å². The summed E-state index contributed by atoms with van der Waals surface area (Å²) in [4.78, 5) is 14.4. The highest BCUT2D eigenvalue weighted by Gasteiger charge is 2.20. The van der Waals surface area contributed by atoms with Crippen LogP contribution < -0.4 is 5.32 Å². The van der Waals surface area contributed by atoms with Crippen LogP contribution in [0, 0.1) is 0 Å². The molecule has 0 fully saturated rings. The van der Waals surface area contributed by atoms with Crippen molar-refractivity contribution in [1.82, 2.24) is 9.47 Å². The fourth-order valence-electron chi connectivity index (χ4n) is 3.94. The van der Waals surface area contributed by atoms with E-state index in [1.807, 2.05) is 24.3 Å². The number of urea groups is 1. The van der Waals surface area contributed by atoms with Crippen molar-refractivity contribution in [3.8, 4) is 0 Å². The third kappa shape index (κ3) is 4.88. The molecule has 0 radical (unpaired) electrons. The molecule has 0 bridgehead atoms. The van der Waals surface area contributed by atoms with E-state index in [4.69, 9.17) is 16.3 Å². The number of para-hydroxylation sites is 2. The van der Waals surface area contributed by atoms with Gasteiger partial charge in [-0.2, -0.15) is 0 Å². The standard InChI is InChI=1S/C25H26ClN3O3/c1-32-15-14-28(25(31)27-19-12-10-18(26)11-13-19)16-20(30)17-29-23-8-4-2-6-21(23)22-7-3-5-9-24(22)29/h2-13,20,30H,14-17H2,1H3,(H,27,31)/t20-/m1/s1. The van der Waals surface area contributed by atoms with Crippen molar-refractivity contribution < 1.29 is 14.6 Å². The van der Waals surface area contributed by atoms with Crippen molar-refractivity contribution in [1.29, 1.82) is 0 Å². The predicted octanol–water partition coefficient (Wildman–Crippen LogP) is 4.99. The Morgan fingerprint density at radius 1 is 1.03 bits per heavy atom. The smallest absolute Gasteiger partial charge is 0.322 e. The van der Waals surface area contributed by atoms with Crippen LogP contribution in [0.15, 0.2) is 72.8 Å². The zero-order valence-electron chi connectivity index (χ0n) is 17.9. The van der Waals surface area contributed by atoms with Crippen molar-refractivity contribution in [3.63, 3.8) is 0 Å². The zero-order chi connectivity index (χ0) is 22.5. The lowest BCUT2D eigenvalue weighted by atomic mass is 10.2. The maximum atomic E-state index is 12.9. The van der Waals surface area contributed by atoms with Crippen molar-refractivity contribution in [2.45, 2.75) is 12.6 Å². The highest BCUT2D eigenvalue weighted by molar-refractivity contribution is 6.30. The van der Waals surface area contributed by atoms with Gasteiger partial charge >= 0.3 is 6.03 Å². The van der Waals surface area contributed by atoms with Crippen molar-refractivity contribution in [2.75, 3.05) is 32.1 Å². The Morgan fingerprint density at radius 3 is 2.22 bits per heavy atom. The van der Waals surface area contributed by atoms with E-state index in [0.717, 1.165) is 21.8 Å². The van der Waals surface area contributed by atoms with Gasteiger partial charge in [0.2, 0.25) is 0 Å². The molecular weight excluding hydrogens is 426 g/mol. The van der Waals surface area contributed by atoms with Crippen LogP contribution in [0.1, 0.15) is 0 Å². The van der Waals surface area contributed by atoms with Crippen LogP contribution in [-0.2, 0) is 11.3 Å². The molecule has 0 aliphatic heterocycles. The first-order valence-corrected chi connectivity index (χ1v) is 10.9. The molecule has 1 heterocycles. The van der Waals surface area contributed by atoms with E-state index in [-0.39, 0.29) is 12.6 Å². The average Bonchev–Trinajstić information content (AvgIpc) is 3.12. The number of hydrogen-bond acceptors (Lipinski definition) is 3. The average molecular weight is 452 g/mol. The van der Waals surface area contributed by atoms with Gasteiger partial charge < -0.3 is 24.6 Å². The molecule has 7 heteroatoms. The topological polar surface area (TPSA) is 66.7 Å². The quantitative estimate of drug-likeness (QED) is 0.396. The van der Waals surface area contributed by atoms with Gasteiger partial charge in [-0.25, -0.2) is 4.79 Å². The highest BCUT2D eigenvalue weighted by atomic mass is 35.5. The molecule has 0 saturated carbocycles. The maximum absolute atomic E-state index is 12.9. The van der Waals surface area contributed by atoms with E-state index in [0.29, 0.717) is 30.4 Å². The number of nitrogens with zero attached hydrogens (tertiary/aromatic N) is 2. The zero-order valence-corrected chi connectivity index (χ0v) is 18.6. The monoisotopic (exact) mass is 451 g/mol. The molecule has 4 aromatic rings. The fourth-order valence-corrected chi connectivity index (χ4v) is 4.06. The molecule has 4 rings (SSSR count). The molecule has 0 spiro atoms. The number of aliphatic hydroxyl groups excluding tert-OH is 1. The van der Waals surface area contributed by atoms with Crippen molar-refractivity contribution >= 4 is 45.1 Å². The molecular formula is C25H26ClN3O3. The second kappa shape index (κ2) is 10.0. The Bertz CT molecular complexity index is 1150. The van der Waals surface area contributed by atoms with Gasteiger partial charge in [0.05, 0.1) is 25.8 Å². The van der Waals surface area contributed by atoms with Crippen LogP contribution in [0.4, 0.5) is 10.5 Å². The third-order valence-corrected chi connectivity index (χ3v) is 5.70. The molecule has 1 aromatic heterocycles. The number of rotatable bonds is 8. The summed E-state index contributed by atoms with van der Waals surface area (Å²) < 4.78 is 7.28. The number of aliphatic hydroxyl groups is 1. The lowest BCUT2D eigenvalue weighted by molar-refractivity contribution is 0.0963. The highest BCUT2D eigenvalue weighted by Crippen LogP contribution is 2.29. The van der Waals surface area contributed by atoms with Gasteiger partial charge in [-0.1, -0.05) is 48.0 Å². The fraction of sp³-hybridized carbons (Fsp3) is 0.240. The molecule has 6 nitrogen and oxygen atoms in total. The lowest BCUT2D eigenvalue weighted by Crippen LogP contribution is -2.43. The summed E-state index contributed by atoms with van der Waals surface area (Å²) in [5.41, 5.74) is 2.75. The molecule has 0 aliphatic carbocycles. The summed E-state index contributed by atoms with van der Waals surface area (Å²) in [6, 6.07) is 22.9. The summed E-state index contributed by atoms with van der Waals surface area (Å²) in [7, 11) is 1.59. The predicted molar refractivity (Wildman–Crippen MR) is 129 cm³/mol. The van der Waals surface area contributed by atoms with Crippen LogP contribution in [0.25, 0.3) is 21.8 Å². The Kier molecular flexibility index (Phi) is 6.95. The molecule has 0 aliphatic rings. The van der Waals surface area contributed by atoms with Gasteiger partial charge in [-0.15, -0.1) is 0 Å². The normalized spacial score (nSPS) is 12.2. The number of hydrogen-bond donors (Lipinski definition) is 2. The summed E-state index contributed by atoms with van der Waals surface area (Å²) >= 11 is 5.92. The number of amides is 2. The number of carbonyl (C=O) groups excluding carboxylic acids is 1. The third-order valence-electron chi connectivity index (χ3n) is 5.45. The van der Waals surface area contributed by atoms with Gasteiger partial charge in [-0.05, 0) is 36.4 Å². The lowest BCUT2D eigenvalue weighted by Gasteiger charge is -2.26. The van der Waals surface area contributed by atoms with Gasteiger partial charge in [0.15, 0.2) is 0 Å². The minimum atomic E-state index is -0.762. The SMILES string of the molecule is COCCN(C[C@@H](O)Cn1c2ccccc2c2ccccc21)C(=O)Nc1ccc(Cl)cc1. The number of halogens is 1. The second-order valence-electron chi connectivity index (χ2n) is 7.67. The number of ether oxygens (including phenoxy) is 1. The minimum absolute atomic E-state index is 0.170. The summed E-state index contributed by atoms with van der Waals surface area (Å²) in [6.45, 7) is 1.27. The van der Waals surface area contributed by atoms with Gasteiger partial charge in [0.1, 0.15) is 0 Å². The van der Waals surface area contributed by atoms with E-state index in [2.05, 4.69) is 34.1 Å². The van der Waals surface area contributed by atoms with E-state index in [9.17, 15) is 9.90 Å². The van der Waals surface area contributed by atoms with Crippen molar-refractivity contribution in [3.05, 3.63) is 77.8 Å². The van der Waals surface area contributed by atoms with Crippen LogP contribution >= 0.6 is 11.6 Å². The second-order valence-corrected chi connectivity index (χ2v) is 8.11. The number of anilines is 1. The van der Waals surface area contributed by atoms with E-state index in [1.54, 1.807) is 36.3 Å². The van der Waals surface area contributed by atoms with Crippen LogP contribution in [0.2, 0.25) is 5.02 Å². The molecule has 0 saturated heterocycles. The number of fused-ring (bicyclic) bond motifs is 3. The largest absolute Gasteiger partial charge is 0.389 e. The summed E-state index contributed by atoms with van der Waals surface area (Å²) in [5.74, 6) is 0. The number of benzene rings is 3. The number of aromatic nitrogens is 1. The van der Waals surface area contributed by atoms with E-state index < -0.39 is 6.10 Å². The summed E-state index contributed by atoms with van der Waals surface area (Å²) in [5, 5.41) is 16.7. The molecule has 0 unspecified atom stereocenters. The summed E-state index contributed by atoms with van der Waals surface area (Å²) in [6.07, 6.45) is -0.762. The maximum Gasteiger partial charge on any atom is 0.322 e. The first kappa shape index (κ1) is 22.1. The number of carbonyl (C=O) groups is 1. The van der Waals surface area contributed by atoms with E-state index >= 15 is 0 Å². The Balaban J connectivity index is 1.53. The first-order chi connectivity index (χ1) is 15.6. The number of nitrogens with one attached hydrogen (secondary N) is 1. The molecule has 3 aromatic carbocycles. The van der Waals surface area contributed by atoms with Gasteiger partial charge in [0.25, 0.3) is 0 Å². The van der Waals surface area contributed by atoms with Crippen LogP contribution in [0.5, 0.6) is 0 Å². The Morgan fingerprint density at radius 2 is 1.62 bits per heavy atom. The Labute approximate surface area is 192 Å². The molecule has 166 valence electrons. The van der Waals surface area contributed by atoms with Crippen LogP contribution in [-0.4, -0.2) is 53.5 Å². The van der Waals surface area contributed by atoms with Gasteiger partial charge in [0, 0.05) is 46.2 Å². The minimum Gasteiger partial charge on any atom is -0.389 e. The molecule has 1 atom stereocenters. The number of methoxy groups -OCH3 is 1. The van der Waals surface area contributed by atoms with Crippen LogP contribution in [0.3, 0.4) is 0 Å².